The first-order valence-electron chi connectivity index (χ1n) is 10.5. The lowest BCUT2D eigenvalue weighted by Crippen LogP contribution is -2.31. The van der Waals surface area contributed by atoms with E-state index < -0.39 is 5.69 Å². The van der Waals surface area contributed by atoms with Crippen LogP contribution in [0, 0.1) is 10.3 Å². The van der Waals surface area contributed by atoms with Crippen LogP contribution in [0.2, 0.25) is 0 Å². The van der Waals surface area contributed by atoms with Gasteiger partial charge in [-0.3, -0.25) is 9.98 Å². The van der Waals surface area contributed by atoms with Gasteiger partial charge in [0.15, 0.2) is 11.1 Å². The SMILES string of the molecule is O=NCC1(CNc2cc(=NC3CC3)n3ncc(=Cc4[nH]c(=O)[nH]c4O)c3n2)CCCC1. The normalized spacial score (nSPS) is 19.4. The average molecular weight is 424 g/mol. The first-order valence-corrected chi connectivity index (χ1v) is 10.5. The third-order valence-corrected chi connectivity index (χ3v) is 6.09. The fourth-order valence-electron chi connectivity index (χ4n) is 4.22. The molecule has 0 bridgehead atoms. The number of aromatic nitrogens is 5. The monoisotopic (exact) mass is 424 g/mol. The van der Waals surface area contributed by atoms with E-state index in [-0.39, 0.29) is 17.0 Å². The van der Waals surface area contributed by atoms with Crippen LogP contribution in [0.3, 0.4) is 0 Å². The van der Waals surface area contributed by atoms with Crippen molar-refractivity contribution in [2.45, 2.75) is 44.6 Å². The second-order valence-corrected chi connectivity index (χ2v) is 8.53. The van der Waals surface area contributed by atoms with Gasteiger partial charge in [-0.2, -0.15) is 14.5 Å². The second-order valence-electron chi connectivity index (χ2n) is 8.53. The maximum atomic E-state index is 11.5. The van der Waals surface area contributed by atoms with Crippen molar-refractivity contribution in [3.8, 4) is 5.88 Å². The van der Waals surface area contributed by atoms with E-state index in [0.717, 1.165) is 38.5 Å². The number of anilines is 1. The summed E-state index contributed by atoms with van der Waals surface area (Å²) < 4.78 is 1.66. The predicted molar refractivity (Wildman–Crippen MR) is 113 cm³/mol. The van der Waals surface area contributed by atoms with Crippen molar-refractivity contribution in [2.24, 2.45) is 15.6 Å². The topological polar surface area (TPSA) is 153 Å². The molecule has 3 aromatic rings. The van der Waals surface area contributed by atoms with E-state index in [1.165, 1.54) is 0 Å². The number of aromatic amines is 2. The molecule has 2 saturated carbocycles. The van der Waals surface area contributed by atoms with Crippen LogP contribution in [0.4, 0.5) is 5.82 Å². The molecule has 0 saturated heterocycles. The highest BCUT2D eigenvalue weighted by molar-refractivity contribution is 5.57. The van der Waals surface area contributed by atoms with Crippen molar-refractivity contribution in [1.29, 1.82) is 0 Å². The van der Waals surface area contributed by atoms with E-state index in [1.54, 1.807) is 16.8 Å². The summed E-state index contributed by atoms with van der Waals surface area (Å²) in [5.41, 5.74) is 0.873. The third-order valence-electron chi connectivity index (χ3n) is 6.09. The van der Waals surface area contributed by atoms with Gasteiger partial charge in [-0.05, 0) is 31.8 Å². The van der Waals surface area contributed by atoms with Crippen molar-refractivity contribution in [2.75, 3.05) is 18.4 Å². The molecule has 0 radical (unpaired) electrons. The van der Waals surface area contributed by atoms with E-state index in [2.05, 4.69) is 25.6 Å². The van der Waals surface area contributed by atoms with Gasteiger partial charge in [-0.15, -0.1) is 0 Å². The highest BCUT2D eigenvalue weighted by Gasteiger charge is 2.34. The summed E-state index contributed by atoms with van der Waals surface area (Å²) >= 11 is 0. The molecule has 162 valence electrons. The van der Waals surface area contributed by atoms with Crippen molar-refractivity contribution in [3.05, 3.63) is 44.1 Å². The lowest BCUT2D eigenvalue weighted by Gasteiger charge is -2.26. The molecule has 0 aliphatic heterocycles. The van der Waals surface area contributed by atoms with Gasteiger partial charge in [0.25, 0.3) is 0 Å². The second kappa shape index (κ2) is 7.64. The van der Waals surface area contributed by atoms with E-state index in [0.29, 0.717) is 41.3 Å². The van der Waals surface area contributed by atoms with Crippen LogP contribution < -0.4 is 21.7 Å². The van der Waals surface area contributed by atoms with E-state index in [4.69, 9.17) is 9.98 Å². The van der Waals surface area contributed by atoms with Gasteiger partial charge in [0.05, 0.1) is 18.8 Å². The van der Waals surface area contributed by atoms with Crippen molar-refractivity contribution < 1.29 is 5.11 Å². The Kier molecular flexibility index (Phi) is 4.79. The molecule has 31 heavy (non-hydrogen) atoms. The maximum Gasteiger partial charge on any atom is 0.326 e. The molecule has 0 spiro atoms. The summed E-state index contributed by atoms with van der Waals surface area (Å²) in [5.74, 6) is 0.400. The van der Waals surface area contributed by atoms with Crippen LogP contribution >= 0.6 is 0 Å². The Hall–Kier alpha value is -3.50. The Morgan fingerprint density at radius 3 is 2.81 bits per heavy atom. The quantitative estimate of drug-likeness (QED) is 0.412. The smallest absolute Gasteiger partial charge is 0.326 e. The van der Waals surface area contributed by atoms with Crippen molar-refractivity contribution in [1.82, 2.24) is 24.6 Å². The van der Waals surface area contributed by atoms with Crippen molar-refractivity contribution in [3.63, 3.8) is 0 Å². The number of aromatic hydroxyl groups is 1. The fraction of sp³-hybridized carbons (Fsp3) is 0.500. The van der Waals surface area contributed by atoms with Crippen LogP contribution in [-0.4, -0.2) is 48.8 Å². The number of imidazole rings is 1. The molecular formula is C20H24N8O3. The number of nitrogens with zero attached hydrogens (tertiary/aromatic N) is 5. The number of nitrogens with one attached hydrogen (secondary N) is 3. The Bertz CT molecular complexity index is 1290. The zero-order chi connectivity index (χ0) is 21.4. The molecular weight excluding hydrogens is 400 g/mol. The summed E-state index contributed by atoms with van der Waals surface area (Å²) in [6, 6.07) is 2.16. The van der Waals surface area contributed by atoms with Gasteiger partial charge in [0.2, 0.25) is 5.88 Å². The molecule has 2 fully saturated rings. The van der Waals surface area contributed by atoms with Gasteiger partial charge >= 0.3 is 5.69 Å². The maximum absolute atomic E-state index is 11.5. The van der Waals surface area contributed by atoms with Gasteiger partial charge in [0, 0.05) is 23.2 Å². The van der Waals surface area contributed by atoms with Gasteiger partial charge in [-0.1, -0.05) is 18.0 Å². The van der Waals surface area contributed by atoms with E-state index >= 15 is 0 Å². The minimum Gasteiger partial charge on any atom is -0.493 e. The van der Waals surface area contributed by atoms with Crippen molar-refractivity contribution >= 4 is 17.5 Å². The first-order chi connectivity index (χ1) is 15.0. The number of rotatable bonds is 7. The lowest BCUT2D eigenvalue weighted by atomic mass is 9.86. The lowest BCUT2D eigenvalue weighted by molar-refractivity contribution is 0.332. The largest absolute Gasteiger partial charge is 0.493 e. The summed E-state index contributed by atoms with van der Waals surface area (Å²) in [6.45, 7) is 0.914. The molecule has 0 amide bonds. The molecule has 5 rings (SSSR count). The van der Waals surface area contributed by atoms with E-state index in [1.807, 2.05) is 6.07 Å². The van der Waals surface area contributed by atoms with Crippen LogP contribution in [0.5, 0.6) is 5.88 Å². The number of fused-ring (bicyclic) bond motifs is 1. The Morgan fingerprint density at radius 2 is 2.13 bits per heavy atom. The zero-order valence-corrected chi connectivity index (χ0v) is 17.0. The van der Waals surface area contributed by atoms with E-state index in [9.17, 15) is 14.8 Å². The molecule has 0 unspecified atom stereocenters. The Balaban J connectivity index is 1.56. The van der Waals surface area contributed by atoms with Gasteiger partial charge in [-0.25, -0.2) is 9.78 Å². The Morgan fingerprint density at radius 1 is 1.32 bits per heavy atom. The predicted octanol–water partition coefficient (Wildman–Crippen LogP) is 0.801. The molecule has 0 atom stereocenters. The highest BCUT2D eigenvalue weighted by Crippen LogP contribution is 2.38. The summed E-state index contributed by atoms with van der Waals surface area (Å²) in [4.78, 5) is 36.7. The molecule has 0 aromatic carbocycles. The van der Waals surface area contributed by atoms with Gasteiger partial charge in [0.1, 0.15) is 11.5 Å². The zero-order valence-electron chi connectivity index (χ0n) is 17.0. The third kappa shape index (κ3) is 3.94. The summed E-state index contributed by atoms with van der Waals surface area (Å²) in [6.07, 6.45) is 9.49. The number of nitroso groups, excluding NO2 is 1. The fourth-order valence-corrected chi connectivity index (χ4v) is 4.22. The van der Waals surface area contributed by atoms with Crippen LogP contribution in [-0.2, 0) is 0 Å². The summed E-state index contributed by atoms with van der Waals surface area (Å²) in [5, 5.41) is 21.5. The van der Waals surface area contributed by atoms with Gasteiger partial charge < -0.3 is 15.4 Å². The molecule has 3 heterocycles. The first kappa shape index (κ1) is 19.5. The molecule has 11 nitrogen and oxygen atoms in total. The number of H-pyrrole nitrogens is 2. The standard InChI is InChI=1S/C20H24N8O3/c29-18-14(25-19(30)27-18)7-12-9-22-28-16(24-13-3-4-13)8-15(26-17(12)28)21-10-20(11-23-31)5-1-2-6-20/h7-9,13,21,29H,1-6,10-11H2,(H2,25,27,30). The number of hydrogen-bond donors (Lipinski definition) is 4. The molecule has 2 aliphatic carbocycles. The van der Waals surface area contributed by atoms with Crippen LogP contribution in [0.1, 0.15) is 44.2 Å². The molecule has 11 heteroatoms. The minimum absolute atomic E-state index is 0.130. The molecule has 3 aromatic heterocycles. The minimum atomic E-state index is -0.495. The molecule has 2 aliphatic rings. The molecule has 4 N–H and O–H groups in total. The Labute approximate surface area is 176 Å². The van der Waals surface area contributed by atoms with Crippen LogP contribution in [0.25, 0.3) is 11.7 Å². The van der Waals surface area contributed by atoms with Crippen LogP contribution in [0.15, 0.2) is 27.2 Å². The summed E-state index contributed by atoms with van der Waals surface area (Å²) in [7, 11) is 0. The highest BCUT2D eigenvalue weighted by atomic mass is 16.3. The number of hydrogen-bond acceptors (Lipinski definition) is 8. The average Bonchev–Trinajstić information content (AvgIpc) is 3.14.